The van der Waals surface area contributed by atoms with Gasteiger partial charge in [-0.15, -0.1) is 0 Å². The van der Waals surface area contributed by atoms with E-state index in [1.807, 2.05) is 0 Å². The first-order chi connectivity index (χ1) is 4.13. The summed E-state index contributed by atoms with van der Waals surface area (Å²) in [6.07, 6.45) is 5.26. The maximum Gasteiger partial charge on any atom is 0.187 e. The van der Waals surface area contributed by atoms with Crippen LogP contribution in [0, 0.1) is 5.92 Å². The lowest BCUT2D eigenvalue weighted by molar-refractivity contribution is 0.226. The Labute approximate surface area is 74.5 Å². The van der Waals surface area contributed by atoms with Crippen LogP contribution in [0.4, 0.5) is 0 Å². The minimum Gasteiger partial charge on any atom is -0.325 e. The predicted molar refractivity (Wildman–Crippen MR) is 50.2 cm³/mol. The first-order valence-electron chi connectivity index (χ1n) is 3.92. The molecule has 0 spiro atoms. The molecule has 1 saturated carbocycles. The van der Waals surface area contributed by atoms with Crippen LogP contribution in [0.5, 0.6) is 0 Å². The second-order valence-electron chi connectivity index (χ2n) is 3.65. The Morgan fingerprint density at radius 1 is 1.40 bits per heavy atom. The topological polar surface area (TPSA) is 26.0 Å². The maximum atomic E-state index is 6.02. The highest BCUT2D eigenvalue weighted by molar-refractivity contribution is 5.75. The zero-order valence-electron chi connectivity index (χ0n) is 6.48. The Kier molecular flexibility index (Phi) is 3.95. The van der Waals surface area contributed by atoms with E-state index in [1.54, 1.807) is 0 Å². The van der Waals surface area contributed by atoms with Crippen molar-refractivity contribution in [2.75, 3.05) is 0 Å². The Hall–Kier alpha value is 0.492. The summed E-state index contributed by atoms with van der Waals surface area (Å²) in [7, 11) is 0. The molecule has 1 fully saturated rings. The molecule has 0 saturated heterocycles. The Bertz CT molecular complexity index is 101. The van der Waals surface area contributed by atoms with E-state index in [0.29, 0.717) is 0 Å². The first-order valence-corrected chi connectivity index (χ1v) is 3.92. The van der Waals surface area contributed by atoms with Gasteiger partial charge in [0.2, 0.25) is 0 Å². The van der Waals surface area contributed by atoms with Crippen molar-refractivity contribution in [1.29, 1.82) is 0 Å². The predicted octanol–water partition coefficient (Wildman–Crippen LogP) is 0.730. The number of hydrogen-bond donors (Lipinski definition) is 1. The van der Waals surface area contributed by atoms with Gasteiger partial charge in [-0.05, 0) is 25.7 Å². The third kappa shape index (κ3) is 2.27. The van der Waals surface area contributed by atoms with Crippen LogP contribution in [-0.4, -0.2) is 22.9 Å². The number of nitrogens with two attached hydrogens (primary N) is 1. The molecule has 0 radical (unpaired) electrons. The molecule has 10 heavy (non-hydrogen) atoms. The lowest BCUT2D eigenvalue weighted by Gasteiger charge is -2.35. The van der Waals surface area contributed by atoms with Gasteiger partial charge in [0.25, 0.3) is 0 Å². The second-order valence-corrected chi connectivity index (χ2v) is 3.65. The third-order valence-electron chi connectivity index (χ3n) is 2.73. The van der Waals surface area contributed by atoms with Crippen molar-refractivity contribution < 1.29 is 0 Å². The van der Waals surface area contributed by atoms with Gasteiger partial charge >= 0.3 is 0 Å². The molecule has 1 aliphatic carbocycles. The Balaban J connectivity index is 0.000000810. The molecule has 2 N–H and O–H groups in total. The summed E-state index contributed by atoms with van der Waals surface area (Å²) in [5, 5.41) is 0. The van der Waals surface area contributed by atoms with E-state index in [9.17, 15) is 0 Å². The molecule has 2 atom stereocenters. The molecule has 1 aliphatic rings. The quantitative estimate of drug-likeness (QED) is 0.515. The van der Waals surface area contributed by atoms with Crippen molar-refractivity contribution in [3.63, 3.8) is 0 Å². The number of rotatable bonds is 0. The van der Waals surface area contributed by atoms with Crippen LogP contribution >= 0.6 is 0 Å². The highest BCUT2D eigenvalue weighted by atomic mass is 27.0. The van der Waals surface area contributed by atoms with Gasteiger partial charge in [-0.25, -0.2) is 0 Å². The van der Waals surface area contributed by atoms with Crippen LogP contribution in [0.25, 0.3) is 0 Å². The average molecular weight is 157 g/mol. The van der Waals surface area contributed by atoms with Gasteiger partial charge < -0.3 is 5.73 Å². The highest BCUT2D eigenvalue weighted by Crippen LogP contribution is 2.30. The minimum atomic E-state index is 0. The summed E-state index contributed by atoms with van der Waals surface area (Å²) >= 11 is 0. The van der Waals surface area contributed by atoms with E-state index in [2.05, 4.69) is 13.8 Å². The zero-order valence-corrected chi connectivity index (χ0v) is 6.48. The normalized spacial score (nSPS) is 40.5. The van der Waals surface area contributed by atoms with Crippen LogP contribution in [0.15, 0.2) is 0 Å². The van der Waals surface area contributed by atoms with Crippen LogP contribution in [0.3, 0.4) is 0 Å². The van der Waals surface area contributed by atoms with Gasteiger partial charge in [0, 0.05) is 5.54 Å². The molecule has 0 aromatic rings. The van der Waals surface area contributed by atoms with E-state index in [0.717, 1.165) is 5.92 Å². The van der Waals surface area contributed by atoms with Crippen LogP contribution in [0.1, 0.15) is 39.5 Å². The number of hydrogen-bond acceptors (Lipinski definition) is 1. The van der Waals surface area contributed by atoms with E-state index < -0.39 is 0 Å². The minimum absolute atomic E-state index is 0. The van der Waals surface area contributed by atoms with Gasteiger partial charge in [-0.1, -0.05) is 19.8 Å². The van der Waals surface area contributed by atoms with Crippen molar-refractivity contribution in [1.82, 2.24) is 0 Å². The monoisotopic (exact) mass is 157 g/mol. The fraction of sp³-hybridized carbons (Fsp3) is 1.00. The van der Waals surface area contributed by atoms with Crippen LogP contribution in [-0.2, 0) is 0 Å². The van der Waals surface area contributed by atoms with Gasteiger partial charge in [-0.2, -0.15) is 0 Å². The average Bonchev–Trinajstić information content (AvgIpc) is 1.77. The largest absolute Gasteiger partial charge is 0.325 e. The SMILES string of the molecule is CC1CCCCC1(C)N.[AlH3]. The van der Waals surface area contributed by atoms with Crippen molar-refractivity contribution in [3.05, 3.63) is 0 Å². The molecular formula is C8H20AlN. The maximum absolute atomic E-state index is 6.02. The lowest BCUT2D eigenvalue weighted by Crippen LogP contribution is -2.44. The molecule has 0 amide bonds. The molecule has 0 bridgehead atoms. The molecule has 1 nitrogen and oxygen atoms in total. The van der Waals surface area contributed by atoms with Crippen LogP contribution < -0.4 is 5.73 Å². The standard InChI is InChI=1S/C8H17N.Al.3H/c1-7-5-3-4-6-8(7,2)9;;;;/h7H,3-6,9H2,1-2H3;;;;. The van der Waals surface area contributed by atoms with E-state index in [1.165, 1.54) is 25.7 Å². The molecule has 0 heterocycles. The van der Waals surface area contributed by atoms with Gasteiger partial charge in [0.15, 0.2) is 17.4 Å². The molecule has 2 unspecified atom stereocenters. The molecule has 0 aromatic heterocycles. The molecule has 60 valence electrons. The smallest absolute Gasteiger partial charge is 0.187 e. The second kappa shape index (κ2) is 3.76. The molecule has 2 heteroatoms. The van der Waals surface area contributed by atoms with Gasteiger partial charge in [0.05, 0.1) is 0 Å². The summed E-state index contributed by atoms with van der Waals surface area (Å²) in [6.45, 7) is 4.44. The van der Waals surface area contributed by atoms with Gasteiger partial charge in [-0.3, -0.25) is 0 Å². The highest BCUT2D eigenvalue weighted by Gasteiger charge is 2.28. The summed E-state index contributed by atoms with van der Waals surface area (Å²) in [4.78, 5) is 0. The van der Waals surface area contributed by atoms with Crippen molar-refractivity contribution in [3.8, 4) is 0 Å². The third-order valence-corrected chi connectivity index (χ3v) is 2.73. The van der Waals surface area contributed by atoms with E-state index >= 15 is 0 Å². The molecule has 0 aromatic carbocycles. The van der Waals surface area contributed by atoms with Crippen molar-refractivity contribution in [2.45, 2.75) is 45.1 Å². The summed E-state index contributed by atoms with van der Waals surface area (Å²) in [5.74, 6) is 0.728. The Morgan fingerprint density at radius 3 is 2.30 bits per heavy atom. The first kappa shape index (κ1) is 10.5. The zero-order chi connectivity index (χ0) is 6.91. The summed E-state index contributed by atoms with van der Waals surface area (Å²) < 4.78 is 0. The van der Waals surface area contributed by atoms with Crippen molar-refractivity contribution in [2.24, 2.45) is 11.7 Å². The Morgan fingerprint density at radius 2 is 2.00 bits per heavy atom. The van der Waals surface area contributed by atoms with E-state index in [4.69, 9.17) is 5.73 Å². The fourth-order valence-corrected chi connectivity index (χ4v) is 1.53. The molecular weight excluding hydrogens is 137 g/mol. The fourth-order valence-electron chi connectivity index (χ4n) is 1.53. The van der Waals surface area contributed by atoms with Crippen LogP contribution in [0.2, 0.25) is 0 Å². The van der Waals surface area contributed by atoms with Crippen molar-refractivity contribution >= 4 is 17.4 Å². The summed E-state index contributed by atoms with van der Waals surface area (Å²) in [5.41, 5.74) is 6.16. The van der Waals surface area contributed by atoms with E-state index in [-0.39, 0.29) is 22.9 Å². The molecule has 1 rings (SSSR count). The summed E-state index contributed by atoms with van der Waals surface area (Å²) in [6, 6.07) is 0. The van der Waals surface area contributed by atoms with Gasteiger partial charge in [0.1, 0.15) is 0 Å². The molecule has 0 aliphatic heterocycles. The lowest BCUT2D eigenvalue weighted by atomic mass is 9.76.